The van der Waals surface area contributed by atoms with Crippen molar-refractivity contribution in [3.05, 3.63) is 51.3 Å². The SMILES string of the molecule is Cc1cc(C(=O)NCCc2ccc(Cl)cc2Cl)no1. The first-order valence-electron chi connectivity index (χ1n) is 5.71. The average Bonchev–Trinajstić information content (AvgIpc) is 2.78. The van der Waals surface area contributed by atoms with Gasteiger partial charge in [0.1, 0.15) is 5.76 Å². The van der Waals surface area contributed by atoms with Crippen LogP contribution in [-0.4, -0.2) is 17.6 Å². The van der Waals surface area contributed by atoms with E-state index in [1.165, 1.54) is 0 Å². The molecular weight excluding hydrogens is 287 g/mol. The second kappa shape index (κ2) is 6.08. The molecular formula is C13H12Cl2N2O2. The maximum atomic E-state index is 11.7. The molecule has 0 saturated heterocycles. The number of nitrogens with one attached hydrogen (secondary N) is 1. The monoisotopic (exact) mass is 298 g/mol. The van der Waals surface area contributed by atoms with E-state index in [0.29, 0.717) is 28.8 Å². The zero-order valence-corrected chi connectivity index (χ0v) is 11.8. The lowest BCUT2D eigenvalue weighted by atomic mass is 10.1. The Morgan fingerprint density at radius 2 is 2.16 bits per heavy atom. The van der Waals surface area contributed by atoms with E-state index in [9.17, 15) is 4.79 Å². The molecule has 1 aromatic heterocycles. The number of aromatic nitrogens is 1. The Bertz CT molecular complexity index is 596. The summed E-state index contributed by atoms with van der Waals surface area (Å²) < 4.78 is 4.84. The molecule has 6 heteroatoms. The second-order valence-corrected chi connectivity index (χ2v) is 4.91. The number of benzene rings is 1. The minimum Gasteiger partial charge on any atom is -0.361 e. The minimum atomic E-state index is -0.262. The van der Waals surface area contributed by atoms with Crippen molar-refractivity contribution >= 4 is 29.1 Å². The molecule has 4 nitrogen and oxygen atoms in total. The second-order valence-electron chi connectivity index (χ2n) is 4.06. The van der Waals surface area contributed by atoms with Gasteiger partial charge in [0.2, 0.25) is 0 Å². The van der Waals surface area contributed by atoms with Crippen molar-refractivity contribution in [3.8, 4) is 0 Å². The van der Waals surface area contributed by atoms with Crippen molar-refractivity contribution in [2.45, 2.75) is 13.3 Å². The third kappa shape index (κ3) is 3.72. The molecule has 100 valence electrons. The van der Waals surface area contributed by atoms with Gasteiger partial charge in [0.05, 0.1) is 0 Å². The first-order valence-corrected chi connectivity index (χ1v) is 6.47. The zero-order chi connectivity index (χ0) is 13.8. The van der Waals surface area contributed by atoms with Crippen LogP contribution in [0.15, 0.2) is 28.8 Å². The van der Waals surface area contributed by atoms with E-state index >= 15 is 0 Å². The van der Waals surface area contributed by atoms with E-state index in [-0.39, 0.29) is 11.6 Å². The maximum absolute atomic E-state index is 11.7. The van der Waals surface area contributed by atoms with Gasteiger partial charge in [-0.05, 0) is 31.0 Å². The first kappa shape index (κ1) is 13.9. The summed E-state index contributed by atoms with van der Waals surface area (Å²) >= 11 is 11.9. The van der Waals surface area contributed by atoms with Gasteiger partial charge in [0.25, 0.3) is 5.91 Å². The minimum absolute atomic E-state index is 0.262. The lowest BCUT2D eigenvalue weighted by Gasteiger charge is -2.05. The van der Waals surface area contributed by atoms with Gasteiger partial charge >= 0.3 is 0 Å². The van der Waals surface area contributed by atoms with Crippen LogP contribution in [0.3, 0.4) is 0 Å². The number of nitrogens with zero attached hydrogens (tertiary/aromatic N) is 1. The van der Waals surface area contributed by atoms with Gasteiger partial charge in [0, 0.05) is 22.7 Å². The number of aryl methyl sites for hydroxylation is 1. The average molecular weight is 299 g/mol. The zero-order valence-electron chi connectivity index (χ0n) is 10.2. The number of amides is 1. The van der Waals surface area contributed by atoms with Gasteiger partial charge in [0.15, 0.2) is 5.69 Å². The number of carbonyl (C=O) groups excluding carboxylic acids is 1. The van der Waals surface area contributed by atoms with E-state index in [1.54, 1.807) is 25.1 Å². The Kier molecular flexibility index (Phi) is 4.45. The highest BCUT2D eigenvalue weighted by Crippen LogP contribution is 2.21. The fourth-order valence-corrected chi connectivity index (χ4v) is 2.10. The molecule has 1 amide bonds. The molecule has 0 fully saturated rings. The highest BCUT2D eigenvalue weighted by atomic mass is 35.5. The maximum Gasteiger partial charge on any atom is 0.273 e. The molecule has 0 atom stereocenters. The smallest absolute Gasteiger partial charge is 0.273 e. The molecule has 2 rings (SSSR count). The summed E-state index contributed by atoms with van der Waals surface area (Å²) in [5.41, 5.74) is 1.21. The molecule has 1 aromatic carbocycles. The lowest BCUT2D eigenvalue weighted by Crippen LogP contribution is -2.26. The molecule has 0 saturated carbocycles. The fraction of sp³-hybridized carbons (Fsp3) is 0.231. The fourth-order valence-electron chi connectivity index (χ4n) is 1.60. The number of hydrogen-bond acceptors (Lipinski definition) is 3. The molecule has 19 heavy (non-hydrogen) atoms. The van der Waals surface area contributed by atoms with Crippen molar-refractivity contribution in [1.29, 1.82) is 0 Å². The van der Waals surface area contributed by atoms with Crippen LogP contribution in [0.5, 0.6) is 0 Å². The summed E-state index contributed by atoms with van der Waals surface area (Å²) in [5, 5.41) is 7.58. The molecule has 0 unspecified atom stereocenters. The number of halogens is 2. The van der Waals surface area contributed by atoms with Crippen LogP contribution in [0.2, 0.25) is 10.0 Å². The summed E-state index contributed by atoms with van der Waals surface area (Å²) in [5.74, 6) is 0.341. The van der Waals surface area contributed by atoms with E-state index in [2.05, 4.69) is 10.5 Å². The molecule has 0 aliphatic rings. The molecule has 1 N–H and O–H groups in total. The van der Waals surface area contributed by atoms with E-state index in [0.717, 1.165) is 5.56 Å². The van der Waals surface area contributed by atoms with E-state index in [1.807, 2.05) is 6.07 Å². The van der Waals surface area contributed by atoms with Crippen molar-refractivity contribution in [2.75, 3.05) is 6.54 Å². The van der Waals surface area contributed by atoms with Crippen LogP contribution < -0.4 is 5.32 Å². The molecule has 2 aromatic rings. The summed E-state index contributed by atoms with van der Waals surface area (Å²) in [4.78, 5) is 11.7. The van der Waals surface area contributed by atoms with Crippen LogP contribution >= 0.6 is 23.2 Å². The summed E-state index contributed by atoms with van der Waals surface area (Å²) in [6.45, 7) is 2.20. The largest absolute Gasteiger partial charge is 0.361 e. The van der Waals surface area contributed by atoms with Gasteiger partial charge in [-0.25, -0.2) is 0 Å². The summed E-state index contributed by atoms with van der Waals surface area (Å²) in [7, 11) is 0. The topological polar surface area (TPSA) is 55.1 Å². The quantitative estimate of drug-likeness (QED) is 0.942. The van der Waals surface area contributed by atoms with Gasteiger partial charge in [-0.15, -0.1) is 0 Å². The van der Waals surface area contributed by atoms with E-state index in [4.69, 9.17) is 27.7 Å². The predicted octanol–water partition coefficient (Wildman–Crippen LogP) is 3.26. The van der Waals surface area contributed by atoms with Gasteiger partial charge in [-0.3, -0.25) is 4.79 Å². The number of rotatable bonds is 4. The summed E-state index contributed by atoms with van der Waals surface area (Å²) in [6, 6.07) is 6.88. The highest BCUT2D eigenvalue weighted by molar-refractivity contribution is 6.35. The van der Waals surface area contributed by atoms with Crippen molar-refractivity contribution in [1.82, 2.24) is 10.5 Å². The molecule has 0 bridgehead atoms. The molecule has 1 heterocycles. The van der Waals surface area contributed by atoms with Gasteiger partial charge in [-0.2, -0.15) is 0 Å². The Labute approximate surface area is 120 Å². The highest BCUT2D eigenvalue weighted by Gasteiger charge is 2.10. The van der Waals surface area contributed by atoms with Gasteiger partial charge < -0.3 is 9.84 Å². The number of hydrogen-bond donors (Lipinski definition) is 1. The molecule has 0 radical (unpaired) electrons. The lowest BCUT2D eigenvalue weighted by molar-refractivity contribution is 0.0945. The summed E-state index contributed by atoms with van der Waals surface area (Å²) in [6.07, 6.45) is 0.624. The third-order valence-corrected chi connectivity index (χ3v) is 3.14. The molecule has 0 aliphatic carbocycles. The predicted molar refractivity (Wildman–Crippen MR) is 73.7 cm³/mol. The first-order chi connectivity index (χ1) is 9.06. The van der Waals surface area contributed by atoms with E-state index < -0.39 is 0 Å². The molecule has 0 aliphatic heterocycles. The van der Waals surface area contributed by atoms with Gasteiger partial charge in [-0.1, -0.05) is 34.4 Å². The Morgan fingerprint density at radius 3 is 2.79 bits per heavy atom. The van der Waals surface area contributed by atoms with Crippen molar-refractivity contribution < 1.29 is 9.32 Å². The third-order valence-electron chi connectivity index (χ3n) is 2.56. The van der Waals surface area contributed by atoms with Crippen molar-refractivity contribution in [2.24, 2.45) is 0 Å². The van der Waals surface area contributed by atoms with Crippen LogP contribution in [-0.2, 0) is 6.42 Å². The normalized spacial score (nSPS) is 10.5. The number of carbonyl (C=O) groups is 1. The Hall–Kier alpha value is -1.52. The molecule has 0 spiro atoms. The Morgan fingerprint density at radius 1 is 1.37 bits per heavy atom. The van der Waals surface area contributed by atoms with Crippen LogP contribution in [0, 0.1) is 6.92 Å². The van der Waals surface area contributed by atoms with Crippen molar-refractivity contribution in [3.63, 3.8) is 0 Å². The standard InChI is InChI=1S/C13H12Cl2N2O2/c1-8-6-12(17-19-8)13(18)16-5-4-9-2-3-10(14)7-11(9)15/h2-3,6-7H,4-5H2,1H3,(H,16,18). The van der Waals surface area contributed by atoms with Crippen LogP contribution in [0.1, 0.15) is 21.8 Å². The Balaban J connectivity index is 1.88. The van der Waals surface area contributed by atoms with Crippen LogP contribution in [0.25, 0.3) is 0 Å². The van der Waals surface area contributed by atoms with Crippen LogP contribution in [0.4, 0.5) is 0 Å².